The Labute approximate surface area is 173 Å². The van der Waals surface area contributed by atoms with E-state index >= 15 is 0 Å². The summed E-state index contributed by atoms with van der Waals surface area (Å²) in [5.74, 6) is 0.192. The minimum atomic E-state index is -0.428. The van der Waals surface area contributed by atoms with E-state index in [4.69, 9.17) is 10.4 Å². The Kier molecular flexibility index (Phi) is 6.14. The molecular weight excluding hydrogens is 388 g/mol. The maximum Gasteiger partial charge on any atom is 0.293 e. The van der Waals surface area contributed by atoms with Gasteiger partial charge in [-0.3, -0.25) is 9.69 Å². The number of amides is 1. The molecule has 2 aromatic heterocycles. The number of hydrazone groups is 1. The summed E-state index contributed by atoms with van der Waals surface area (Å²) in [6.45, 7) is 4.08. The summed E-state index contributed by atoms with van der Waals surface area (Å²) in [6, 6.07) is 0. The number of aromatic nitrogens is 5. The summed E-state index contributed by atoms with van der Waals surface area (Å²) >= 11 is 0. The third kappa shape index (κ3) is 4.54. The van der Waals surface area contributed by atoms with Gasteiger partial charge in [0.1, 0.15) is 0 Å². The number of piperazine rings is 1. The number of rotatable bonds is 6. The number of nitrogen functional groups attached to an aromatic ring is 1. The van der Waals surface area contributed by atoms with E-state index in [1.807, 2.05) is 0 Å². The molecule has 1 aliphatic heterocycles. The number of carbonyl (C=O) groups is 1. The Morgan fingerprint density at radius 3 is 2.87 bits per heavy atom. The van der Waals surface area contributed by atoms with E-state index in [0.717, 1.165) is 45.4 Å². The summed E-state index contributed by atoms with van der Waals surface area (Å²) in [6.07, 6.45) is 9.07. The van der Waals surface area contributed by atoms with Crippen molar-refractivity contribution in [2.75, 3.05) is 39.0 Å². The van der Waals surface area contributed by atoms with Crippen LogP contribution in [-0.4, -0.2) is 80.5 Å². The third-order valence-electron chi connectivity index (χ3n) is 5.40. The van der Waals surface area contributed by atoms with Gasteiger partial charge in [-0.05, 0) is 42.5 Å². The van der Waals surface area contributed by atoms with Gasteiger partial charge in [-0.15, -0.1) is 5.10 Å². The van der Waals surface area contributed by atoms with Crippen LogP contribution in [0, 0.1) is 5.92 Å². The second kappa shape index (κ2) is 9.13. The monoisotopic (exact) mass is 414 g/mol. The van der Waals surface area contributed by atoms with Gasteiger partial charge in [0.15, 0.2) is 5.69 Å². The highest BCUT2D eigenvalue weighted by atomic mass is 16.6. The number of likely N-dealkylation sites (N-methyl/N-ethyl adjacent to an activating group) is 1. The van der Waals surface area contributed by atoms with Crippen molar-refractivity contribution in [1.29, 1.82) is 0 Å². The van der Waals surface area contributed by atoms with Gasteiger partial charge in [-0.25, -0.2) is 10.1 Å². The molecule has 3 N–H and O–H groups in total. The number of anilines is 1. The topological polar surface area (TPSA) is 144 Å². The van der Waals surface area contributed by atoms with Gasteiger partial charge in [-0.1, -0.05) is 17.4 Å². The molecule has 30 heavy (non-hydrogen) atoms. The van der Waals surface area contributed by atoms with E-state index in [2.05, 4.69) is 60.2 Å². The quantitative estimate of drug-likeness (QED) is 0.381. The van der Waals surface area contributed by atoms with Crippen molar-refractivity contribution >= 4 is 17.9 Å². The normalized spacial score (nSPS) is 20.8. The largest absolute Gasteiger partial charge is 0.378 e. The molecule has 0 radical (unpaired) electrons. The van der Waals surface area contributed by atoms with Crippen LogP contribution in [0.25, 0.3) is 5.82 Å². The lowest BCUT2D eigenvalue weighted by Gasteiger charge is -2.32. The zero-order chi connectivity index (χ0) is 20.9. The number of carbonyl (C=O) groups excluding carboxylic acids is 1. The van der Waals surface area contributed by atoms with Crippen molar-refractivity contribution in [3.63, 3.8) is 0 Å². The average molecular weight is 414 g/mol. The van der Waals surface area contributed by atoms with Gasteiger partial charge in [0.05, 0.1) is 5.69 Å². The highest BCUT2D eigenvalue weighted by molar-refractivity contribution is 5.93. The molecule has 0 bridgehead atoms. The first-order chi connectivity index (χ1) is 14.6. The lowest BCUT2D eigenvalue weighted by Crippen LogP contribution is -2.44. The molecule has 4 rings (SSSR count). The fourth-order valence-corrected chi connectivity index (χ4v) is 3.55. The lowest BCUT2D eigenvalue weighted by atomic mass is 9.96. The molecule has 1 fully saturated rings. The van der Waals surface area contributed by atoms with Crippen LogP contribution in [0.2, 0.25) is 0 Å². The summed E-state index contributed by atoms with van der Waals surface area (Å²) in [5.41, 5.74) is 9.16. The van der Waals surface area contributed by atoms with Crippen molar-refractivity contribution in [3.05, 3.63) is 23.5 Å². The van der Waals surface area contributed by atoms with E-state index in [9.17, 15) is 4.79 Å². The van der Waals surface area contributed by atoms with Crippen LogP contribution in [0.3, 0.4) is 0 Å². The van der Waals surface area contributed by atoms with Crippen LogP contribution in [-0.2, 0) is 6.54 Å². The molecule has 1 saturated heterocycles. The van der Waals surface area contributed by atoms with Crippen LogP contribution < -0.4 is 11.2 Å². The van der Waals surface area contributed by atoms with E-state index in [1.165, 1.54) is 4.68 Å². The summed E-state index contributed by atoms with van der Waals surface area (Å²) in [7, 11) is 2.09. The van der Waals surface area contributed by atoms with Crippen molar-refractivity contribution in [2.24, 2.45) is 11.0 Å². The zero-order valence-electron chi connectivity index (χ0n) is 16.9. The molecule has 12 heteroatoms. The predicted octanol–water partition coefficient (Wildman–Crippen LogP) is 0.0518. The van der Waals surface area contributed by atoms with Gasteiger partial charge >= 0.3 is 0 Å². The van der Waals surface area contributed by atoms with E-state index in [1.54, 1.807) is 6.21 Å². The molecule has 0 aromatic carbocycles. The van der Waals surface area contributed by atoms with Gasteiger partial charge in [0.25, 0.3) is 5.91 Å². The predicted molar refractivity (Wildman–Crippen MR) is 109 cm³/mol. The van der Waals surface area contributed by atoms with Gasteiger partial charge in [-0.2, -0.15) is 9.78 Å². The number of nitrogens with one attached hydrogen (secondary N) is 1. The Bertz CT molecular complexity index is 925. The SMILES string of the molecule is CN1CCN(Cc2c(C(=O)N/N=C/C3CC=CCC3)nnn2-c2nonc2N)CC1. The minimum Gasteiger partial charge on any atom is -0.378 e. The maximum absolute atomic E-state index is 12.8. The second-order valence-corrected chi connectivity index (χ2v) is 7.61. The van der Waals surface area contributed by atoms with Crippen molar-refractivity contribution in [3.8, 4) is 5.82 Å². The molecule has 0 saturated carbocycles. The molecule has 2 aliphatic rings. The first-order valence-corrected chi connectivity index (χ1v) is 10.0. The first-order valence-electron chi connectivity index (χ1n) is 10.0. The molecule has 12 nitrogen and oxygen atoms in total. The van der Waals surface area contributed by atoms with Crippen molar-refractivity contribution in [2.45, 2.75) is 25.8 Å². The van der Waals surface area contributed by atoms with E-state index in [0.29, 0.717) is 18.2 Å². The fourth-order valence-electron chi connectivity index (χ4n) is 3.55. The molecule has 0 spiro atoms. The Hall–Kier alpha value is -3.12. The van der Waals surface area contributed by atoms with E-state index < -0.39 is 5.91 Å². The Morgan fingerprint density at radius 1 is 1.33 bits per heavy atom. The van der Waals surface area contributed by atoms with Crippen molar-refractivity contribution in [1.82, 2.24) is 40.5 Å². The zero-order valence-corrected chi connectivity index (χ0v) is 16.9. The number of allylic oxidation sites excluding steroid dienone is 2. The van der Waals surface area contributed by atoms with Crippen LogP contribution in [0.4, 0.5) is 5.82 Å². The van der Waals surface area contributed by atoms with Crippen LogP contribution in [0.1, 0.15) is 35.4 Å². The Balaban J connectivity index is 1.53. The maximum atomic E-state index is 12.8. The van der Waals surface area contributed by atoms with Crippen LogP contribution in [0.15, 0.2) is 21.9 Å². The van der Waals surface area contributed by atoms with Gasteiger partial charge in [0, 0.05) is 38.9 Å². The van der Waals surface area contributed by atoms with Gasteiger partial charge in [0.2, 0.25) is 11.6 Å². The molecule has 3 heterocycles. The summed E-state index contributed by atoms with van der Waals surface area (Å²) in [4.78, 5) is 17.3. The standard InChI is InChI=1S/C18H26N10O2/c1-26-7-9-27(10-8-26)12-14-15(21-25-28(14)17-16(19)23-30-24-17)18(29)22-20-11-13-5-3-2-4-6-13/h2-3,11,13H,4-10,12H2,1H3,(H2,19,23)(H,22,29)/b20-11+. The molecular formula is C18H26N10O2. The molecule has 2 aromatic rings. The average Bonchev–Trinajstić information content (AvgIpc) is 3.36. The highest BCUT2D eigenvalue weighted by Gasteiger charge is 2.26. The van der Waals surface area contributed by atoms with Gasteiger partial charge < -0.3 is 10.6 Å². The van der Waals surface area contributed by atoms with Crippen LogP contribution >= 0.6 is 0 Å². The molecule has 1 amide bonds. The molecule has 1 unspecified atom stereocenters. The molecule has 1 aliphatic carbocycles. The third-order valence-corrected chi connectivity index (χ3v) is 5.40. The summed E-state index contributed by atoms with van der Waals surface area (Å²) < 4.78 is 6.11. The Morgan fingerprint density at radius 2 is 2.17 bits per heavy atom. The van der Waals surface area contributed by atoms with Crippen molar-refractivity contribution < 1.29 is 9.42 Å². The van der Waals surface area contributed by atoms with Crippen LogP contribution in [0.5, 0.6) is 0 Å². The highest BCUT2D eigenvalue weighted by Crippen LogP contribution is 2.19. The minimum absolute atomic E-state index is 0.0786. The second-order valence-electron chi connectivity index (χ2n) is 7.61. The molecule has 1 atom stereocenters. The smallest absolute Gasteiger partial charge is 0.293 e. The number of hydrogen-bond donors (Lipinski definition) is 2. The number of nitrogens with zero attached hydrogens (tertiary/aromatic N) is 8. The van der Waals surface area contributed by atoms with E-state index in [-0.39, 0.29) is 17.3 Å². The number of hydrogen-bond acceptors (Lipinski definition) is 10. The summed E-state index contributed by atoms with van der Waals surface area (Å²) in [5, 5.41) is 19.7. The molecule has 160 valence electrons. The fraction of sp³-hybridized carbons (Fsp3) is 0.556. The lowest BCUT2D eigenvalue weighted by molar-refractivity contribution is 0.0945. The first kappa shape index (κ1) is 20.2. The number of nitrogens with two attached hydrogens (primary N) is 1.